The molecule has 1 rings (SSSR count). The number of ether oxygens (including phenoxy) is 1. The van der Waals surface area contributed by atoms with E-state index in [4.69, 9.17) is 9.16 Å². The van der Waals surface area contributed by atoms with Crippen LogP contribution in [0.2, 0.25) is 13.1 Å². The molecule has 0 spiro atoms. The average molecular weight is 452 g/mol. The minimum Gasteiger partial charge on any atom is -0.481 e. The second-order valence-electron chi connectivity index (χ2n) is 10.00. The van der Waals surface area contributed by atoms with Gasteiger partial charge in [0, 0.05) is 6.54 Å². The third-order valence-electron chi connectivity index (χ3n) is 5.26. The summed E-state index contributed by atoms with van der Waals surface area (Å²) in [5.74, 6) is -1.24. The predicted octanol–water partition coefficient (Wildman–Crippen LogP) is 3.22. The number of hydrogen-bond donors (Lipinski definition) is 1. The third kappa shape index (κ3) is 5.32. The van der Waals surface area contributed by atoms with Crippen LogP contribution in [0.1, 0.15) is 61.3 Å². The Balaban J connectivity index is 3.70. The summed E-state index contributed by atoms with van der Waals surface area (Å²) in [6.07, 6.45) is -0.321. The van der Waals surface area contributed by atoms with Crippen molar-refractivity contribution in [2.75, 3.05) is 6.54 Å². The van der Waals surface area contributed by atoms with Crippen LogP contribution in [0, 0.1) is 10.8 Å². The van der Waals surface area contributed by atoms with Crippen molar-refractivity contribution in [2.24, 2.45) is 10.8 Å². The second-order valence-corrected chi connectivity index (χ2v) is 14.7. The number of likely N-dealkylation sites (tertiary alicyclic amines) is 1. The molecule has 0 bridgehead atoms. The quantitative estimate of drug-likeness (QED) is 0.639. The molecule has 1 aliphatic heterocycles. The van der Waals surface area contributed by atoms with E-state index >= 15 is 0 Å². The van der Waals surface area contributed by atoms with Crippen LogP contribution in [-0.4, -0.2) is 62.5 Å². The molecule has 0 aromatic heterocycles. The Hall–Kier alpha value is -1.13. The lowest BCUT2D eigenvalue weighted by Crippen LogP contribution is -2.67. The first kappa shape index (κ1) is 25.9. The Morgan fingerprint density at radius 3 is 2.07 bits per heavy atom. The highest BCUT2D eigenvalue weighted by Gasteiger charge is 2.64. The van der Waals surface area contributed by atoms with Crippen molar-refractivity contribution < 1.29 is 32.3 Å². The van der Waals surface area contributed by atoms with E-state index in [-0.39, 0.29) is 13.0 Å². The molecule has 0 saturated carbocycles. The summed E-state index contributed by atoms with van der Waals surface area (Å²) in [5, 5.41) is 8.69. The Bertz CT molecular complexity index is 724. The predicted molar refractivity (Wildman–Crippen MR) is 114 cm³/mol. The van der Waals surface area contributed by atoms with Crippen molar-refractivity contribution in [3.63, 3.8) is 0 Å². The van der Waals surface area contributed by atoms with E-state index in [1.54, 1.807) is 41.5 Å². The van der Waals surface area contributed by atoms with Crippen molar-refractivity contribution in [2.45, 2.75) is 90.8 Å². The molecule has 0 aliphatic carbocycles. The van der Waals surface area contributed by atoms with Gasteiger partial charge in [0.15, 0.2) is 24.3 Å². The number of carbonyl (C=O) groups excluding carboxylic acids is 1. The van der Waals surface area contributed by atoms with Gasteiger partial charge >= 0.3 is 12.1 Å². The number of amides is 1. The lowest BCUT2D eigenvalue weighted by Gasteiger charge is -2.53. The highest BCUT2D eigenvalue weighted by molar-refractivity contribution is 7.92. The summed E-state index contributed by atoms with van der Waals surface area (Å²) in [6.45, 7) is 15.4. The normalized spacial score (nSPS) is 25.0. The van der Waals surface area contributed by atoms with Crippen LogP contribution in [0.25, 0.3) is 0 Å². The lowest BCUT2D eigenvalue weighted by atomic mass is 9.62. The van der Waals surface area contributed by atoms with Gasteiger partial charge in [0.05, 0.1) is 0 Å². The van der Waals surface area contributed by atoms with Gasteiger partial charge in [-0.2, -0.15) is 0 Å². The first-order chi connectivity index (χ1) is 12.9. The molecule has 1 amide bonds. The molecule has 1 saturated heterocycles. The van der Waals surface area contributed by atoms with Gasteiger partial charge in [-0.1, -0.05) is 20.8 Å². The van der Waals surface area contributed by atoms with E-state index in [1.165, 1.54) is 6.92 Å². The minimum atomic E-state index is -4.19. The number of nitrogens with zero attached hydrogens (tertiary/aromatic N) is 1. The van der Waals surface area contributed by atoms with Gasteiger partial charge in [0.1, 0.15) is 16.5 Å². The standard InChI is InChI=1S/C19H37NO7SSi/c1-13(27-29(8)9)28(24,25)14-19(15(21)22,17(2,3)4)11-10-12-20(14)16(23)26-18(5,6)7/h13-14,29H,10-12H2,1-9H3,(H,21,22). The average Bonchev–Trinajstić information content (AvgIpc) is 2.50. The lowest BCUT2D eigenvalue weighted by molar-refractivity contribution is -0.164. The zero-order valence-electron chi connectivity index (χ0n) is 19.1. The van der Waals surface area contributed by atoms with Gasteiger partial charge in [-0.25, -0.2) is 13.2 Å². The van der Waals surface area contributed by atoms with Crippen LogP contribution in [0.3, 0.4) is 0 Å². The van der Waals surface area contributed by atoms with E-state index in [0.717, 1.165) is 4.90 Å². The topological polar surface area (TPSA) is 110 Å². The maximum atomic E-state index is 13.7. The molecule has 0 radical (unpaired) electrons. The van der Waals surface area contributed by atoms with Crippen LogP contribution in [0.4, 0.5) is 4.79 Å². The van der Waals surface area contributed by atoms with Gasteiger partial charge < -0.3 is 14.3 Å². The molecule has 1 N–H and O–H groups in total. The first-order valence-electron chi connectivity index (χ1n) is 9.99. The number of piperidine rings is 1. The first-order valence-corrected chi connectivity index (χ1v) is 14.4. The molecule has 1 fully saturated rings. The van der Waals surface area contributed by atoms with E-state index in [9.17, 15) is 23.1 Å². The molecule has 1 aliphatic rings. The van der Waals surface area contributed by atoms with Gasteiger partial charge in [-0.3, -0.25) is 9.69 Å². The van der Waals surface area contributed by atoms with Crippen molar-refractivity contribution in [3.8, 4) is 0 Å². The number of rotatable bonds is 5. The molecule has 8 nitrogen and oxygen atoms in total. The molecule has 1 heterocycles. The fourth-order valence-corrected chi connectivity index (χ4v) is 8.02. The van der Waals surface area contributed by atoms with Crippen molar-refractivity contribution >= 4 is 30.9 Å². The van der Waals surface area contributed by atoms with Crippen molar-refractivity contribution in [1.82, 2.24) is 4.90 Å². The number of aliphatic carboxylic acids is 1. The molecular formula is C19H37NO7SSi. The van der Waals surface area contributed by atoms with Crippen molar-refractivity contribution in [3.05, 3.63) is 0 Å². The molecule has 0 aromatic rings. The third-order valence-corrected chi connectivity index (χ3v) is 8.73. The highest BCUT2D eigenvalue weighted by atomic mass is 32.2. The molecule has 10 heteroatoms. The van der Waals surface area contributed by atoms with E-state index in [2.05, 4.69) is 0 Å². The van der Waals surface area contributed by atoms with Gasteiger partial charge in [-0.05, 0) is 59.0 Å². The second kappa shape index (κ2) is 8.54. The number of carboxylic acid groups (broad SMARTS) is 1. The number of hydrogen-bond acceptors (Lipinski definition) is 6. The summed E-state index contributed by atoms with van der Waals surface area (Å²) in [6, 6.07) is 0. The SMILES string of the molecule is CC(O[SiH](C)C)S(=O)(=O)C1N(C(=O)OC(C)(C)C)CCCC1(C(=O)O)C(C)(C)C. The molecule has 3 unspecified atom stereocenters. The maximum absolute atomic E-state index is 13.7. The van der Waals surface area contributed by atoms with E-state index in [1.807, 2.05) is 13.1 Å². The van der Waals surface area contributed by atoms with Crippen molar-refractivity contribution in [1.29, 1.82) is 0 Å². The van der Waals surface area contributed by atoms with E-state index < -0.39 is 58.2 Å². The monoisotopic (exact) mass is 451 g/mol. The summed E-state index contributed by atoms with van der Waals surface area (Å²) in [4.78, 5) is 26.7. The van der Waals surface area contributed by atoms with Crippen LogP contribution < -0.4 is 0 Å². The fraction of sp³-hybridized carbons (Fsp3) is 0.895. The van der Waals surface area contributed by atoms with Gasteiger partial charge in [-0.15, -0.1) is 0 Å². The van der Waals surface area contributed by atoms with Crippen LogP contribution >= 0.6 is 0 Å². The number of carboxylic acids is 1. The minimum absolute atomic E-state index is 0.107. The Kier molecular flexibility index (Phi) is 7.63. The summed E-state index contributed by atoms with van der Waals surface area (Å²) in [5.41, 5.74) is -4.70. The van der Waals surface area contributed by atoms with Crippen LogP contribution in [-0.2, 0) is 23.8 Å². The van der Waals surface area contributed by atoms with Gasteiger partial charge in [0.2, 0.25) is 0 Å². The Morgan fingerprint density at radius 1 is 1.17 bits per heavy atom. The smallest absolute Gasteiger partial charge is 0.411 e. The largest absolute Gasteiger partial charge is 0.481 e. The Morgan fingerprint density at radius 2 is 1.69 bits per heavy atom. The molecular weight excluding hydrogens is 414 g/mol. The van der Waals surface area contributed by atoms with Gasteiger partial charge in [0.25, 0.3) is 0 Å². The molecule has 29 heavy (non-hydrogen) atoms. The molecule has 3 atom stereocenters. The highest BCUT2D eigenvalue weighted by Crippen LogP contribution is 2.52. The summed E-state index contributed by atoms with van der Waals surface area (Å²) < 4.78 is 38.4. The zero-order valence-corrected chi connectivity index (χ0v) is 21.1. The summed E-state index contributed by atoms with van der Waals surface area (Å²) in [7, 11) is -5.92. The van der Waals surface area contributed by atoms with Crippen LogP contribution in [0.15, 0.2) is 0 Å². The van der Waals surface area contributed by atoms with Crippen LogP contribution in [0.5, 0.6) is 0 Å². The number of sulfone groups is 1. The fourth-order valence-electron chi connectivity index (χ4n) is 3.92. The molecule has 170 valence electrons. The maximum Gasteiger partial charge on any atom is 0.411 e. The number of carbonyl (C=O) groups is 2. The molecule has 0 aromatic carbocycles. The Labute approximate surface area is 176 Å². The zero-order chi connectivity index (χ0) is 23.0. The van der Waals surface area contributed by atoms with E-state index in [0.29, 0.717) is 6.42 Å². The summed E-state index contributed by atoms with van der Waals surface area (Å²) >= 11 is 0.